The molecule has 0 spiro atoms. The Balaban J connectivity index is 0.000000314. The zero-order chi connectivity index (χ0) is 30.6. The fourth-order valence-corrected chi connectivity index (χ4v) is 4.44. The number of Topliss-reactive ketones (excluding diaryl/α,β-unsaturated/α-hetero) is 1. The van der Waals surface area contributed by atoms with E-state index in [2.05, 4.69) is 0 Å². The number of rotatable bonds is 10. The molecule has 0 aromatic heterocycles. The third kappa shape index (κ3) is 11.5. The van der Waals surface area contributed by atoms with Gasteiger partial charge >= 0.3 is 6.18 Å². The van der Waals surface area contributed by atoms with E-state index in [4.69, 9.17) is 7.85 Å². The average Bonchev–Trinajstić information content (AvgIpc) is 2.91. The second-order valence-electron chi connectivity index (χ2n) is 10.1. The number of allylic oxidation sites excluding steroid dienone is 4. The molecule has 1 nitrogen and oxygen atoms in total. The summed E-state index contributed by atoms with van der Waals surface area (Å²) in [5, 5.41) is 0. The first-order valence-corrected chi connectivity index (χ1v) is 13.7. The van der Waals surface area contributed by atoms with Gasteiger partial charge in [0.2, 0.25) is 0 Å². The summed E-state index contributed by atoms with van der Waals surface area (Å²) in [5.41, 5.74) is 4.61. The van der Waals surface area contributed by atoms with E-state index in [0.717, 1.165) is 52.8 Å². The minimum absolute atomic E-state index is 0.0216. The topological polar surface area (TPSA) is 17.1 Å². The minimum Gasteiger partial charge on any atom is -0.295 e. The number of carbonyl (C=O) groups excluding carboxylic acids is 1. The van der Waals surface area contributed by atoms with Gasteiger partial charge < -0.3 is 0 Å². The van der Waals surface area contributed by atoms with Crippen LogP contribution in [-0.2, 0) is 17.4 Å². The van der Waals surface area contributed by atoms with Gasteiger partial charge in [-0.25, -0.2) is 8.78 Å². The standard InChI is InChI=1S/C20H24BF3O.C14H12F2/c1-4-6-17(13-14(2)21)19(15(3)25)8-5-7-16-9-11-18(12-10-16)20(22,23)24;1-10(11-2-6-13(15)7-3-11)12-4-8-14(16)9-5-12/h9-13H,4-8H2,1-3H3;2-10H,1H3/b14-13+,19-17-;. The largest absolute Gasteiger partial charge is 0.416 e. The molecule has 3 aromatic rings. The van der Waals surface area contributed by atoms with Crippen molar-refractivity contribution < 1.29 is 26.7 Å². The molecule has 41 heavy (non-hydrogen) atoms. The van der Waals surface area contributed by atoms with Crippen LogP contribution in [0.5, 0.6) is 0 Å². The maximum atomic E-state index is 12.8. The van der Waals surface area contributed by atoms with Gasteiger partial charge in [-0.2, -0.15) is 13.2 Å². The molecule has 0 bridgehead atoms. The number of alkyl halides is 3. The zero-order valence-electron chi connectivity index (χ0n) is 24.0. The Morgan fingerprint density at radius 3 is 1.71 bits per heavy atom. The van der Waals surface area contributed by atoms with Crippen molar-refractivity contribution in [2.75, 3.05) is 0 Å². The van der Waals surface area contributed by atoms with Gasteiger partial charge in [0, 0.05) is 5.92 Å². The Labute approximate surface area is 241 Å². The highest BCUT2D eigenvalue weighted by atomic mass is 19.4. The smallest absolute Gasteiger partial charge is 0.295 e. The first kappa shape index (κ1) is 33.7. The van der Waals surface area contributed by atoms with Crippen LogP contribution in [0.25, 0.3) is 0 Å². The molecule has 0 saturated carbocycles. The summed E-state index contributed by atoms with van der Waals surface area (Å²) in [6.07, 6.45) is 1.14. The molecule has 0 aliphatic heterocycles. The van der Waals surface area contributed by atoms with E-state index in [1.54, 1.807) is 38.1 Å². The summed E-state index contributed by atoms with van der Waals surface area (Å²) in [6.45, 7) is 7.39. The summed E-state index contributed by atoms with van der Waals surface area (Å²) in [5.74, 6) is -0.320. The zero-order valence-corrected chi connectivity index (χ0v) is 24.0. The Morgan fingerprint density at radius 1 is 0.829 bits per heavy atom. The summed E-state index contributed by atoms with van der Waals surface area (Å²) in [7, 11) is 5.75. The van der Waals surface area contributed by atoms with Crippen molar-refractivity contribution in [3.8, 4) is 0 Å². The molecule has 0 atom stereocenters. The first-order chi connectivity index (χ1) is 19.3. The van der Waals surface area contributed by atoms with Crippen LogP contribution in [0.3, 0.4) is 0 Å². The monoisotopic (exact) mass is 566 g/mol. The van der Waals surface area contributed by atoms with Crippen molar-refractivity contribution in [1.29, 1.82) is 0 Å². The molecule has 3 rings (SSSR count). The third-order valence-corrected chi connectivity index (χ3v) is 6.65. The minimum atomic E-state index is -4.31. The van der Waals surface area contributed by atoms with E-state index in [0.29, 0.717) is 24.7 Å². The SMILES string of the molecule is CC(c1ccc(F)cc1)c1ccc(F)cc1.[B]/C(C)=C/C(CCC)=C(/CCCc1ccc(C(F)(F)F)cc1)C(C)=O. The molecule has 0 aliphatic carbocycles. The lowest BCUT2D eigenvalue weighted by atomic mass is 9.89. The highest BCUT2D eigenvalue weighted by Gasteiger charge is 2.29. The Hall–Kier alpha value is -3.48. The lowest BCUT2D eigenvalue weighted by Crippen LogP contribution is -2.05. The first-order valence-electron chi connectivity index (χ1n) is 13.7. The van der Waals surface area contributed by atoms with Gasteiger partial charge in [0.25, 0.3) is 0 Å². The van der Waals surface area contributed by atoms with Crippen molar-refractivity contribution in [3.63, 3.8) is 0 Å². The molecule has 216 valence electrons. The van der Waals surface area contributed by atoms with E-state index in [9.17, 15) is 26.7 Å². The highest BCUT2D eigenvalue weighted by molar-refractivity contribution is 6.21. The number of carbonyl (C=O) groups is 1. The Bertz CT molecular complexity index is 1260. The quantitative estimate of drug-likeness (QED) is 0.103. The molecule has 0 N–H and O–H groups in total. The normalized spacial score (nSPS) is 12.5. The molecule has 3 aromatic carbocycles. The molecule has 0 aliphatic rings. The van der Waals surface area contributed by atoms with Crippen molar-refractivity contribution in [1.82, 2.24) is 0 Å². The van der Waals surface area contributed by atoms with E-state index >= 15 is 0 Å². The fraction of sp³-hybridized carbons (Fsp3) is 0.324. The lowest BCUT2D eigenvalue weighted by Gasteiger charge is -2.12. The van der Waals surface area contributed by atoms with Crippen LogP contribution in [-0.4, -0.2) is 13.6 Å². The number of aryl methyl sites for hydroxylation is 1. The van der Waals surface area contributed by atoms with Crippen LogP contribution in [0.15, 0.2) is 95.5 Å². The van der Waals surface area contributed by atoms with Gasteiger partial charge in [0.05, 0.1) is 5.56 Å². The average molecular weight is 566 g/mol. The highest BCUT2D eigenvalue weighted by Crippen LogP contribution is 2.29. The molecular weight excluding hydrogens is 530 g/mol. The van der Waals surface area contributed by atoms with E-state index in [1.165, 1.54) is 36.4 Å². The predicted octanol–water partition coefficient (Wildman–Crippen LogP) is 9.90. The second kappa shape index (κ2) is 16.1. The van der Waals surface area contributed by atoms with Crippen molar-refractivity contribution in [2.24, 2.45) is 0 Å². The Morgan fingerprint density at radius 2 is 1.32 bits per heavy atom. The number of hydrogen-bond acceptors (Lipinski definition) is 1. The van der Waals surface area contributed by atoms with Crippen LogP contribution in [0.4, 0.5) is 22.0 Å². The molecule has 0 fully saturated rings. The fourth-order valence-electron chi connectivity index (χ4n) is 4.44. The summed E-state index contributed by atoms with van der Waals surface area (Å²) >= 11 is 0. The number of hydrogen-bond donors (Lipinski definition) is 0. The molecule has 0 amide bonds. The van der Waals surface area contributed by atoms with Crippen LogP contribution in [0.1, 0.15) is 81.5 Å². The third-order valence-electron chi connectivity index (χ3n) is 6.65. The van der Waals surface area contributed by atoms with E-state index in [-0.39, 0.29) is 23.3 Å². The van der Waals surface area contributed by atoms with E-state index < -0.39 is 11.7 Å². The van der Waals surface area contributed by atoms with Gasteiger partial charge in [-0.05, 0) is 96.8 Å². The second-order valence-corrected chi connectivity index (χ2v) is 10.1. The van der Waals surface area contributed by atoms with E-state index in [1.807, 2.05) is 19.9 Å². The number of halogens is 5. The van der Waals surface area contributed by atoms with Gasteiger partial charge in [-0.15, -0.1) is 5.47 Å². The van der Waals surface area contributed by atoms with Crippen molar-refractivity contribution in [3.05, 3.63) is 129 Å². The molecule has 0 saturated heterocycles. The maximum Gasteiger partial charge on any atom is 0.416 e. The molecular formula is C34H36BF5O. The van der Waals surface area contributed by atoms with Crippen LogP contribution in [0, 0.1) is 11.6 Å². The van der Waals surface area contributed by atoms with Gasteiger partial charge in [-0.1, -0.05) is 69.7 Å². The maximum absolute atomic E-state index is 12.8. The lowest BCUT2D eigenvalue weighted by molar-refractivity contribution is -0.137. The summed E-state index contributed by atoms with van der Waals surface area (Å²) in [4.78, 5) is 12.0. The molecule has 2 radical (unpaired) electrons. The summed E-state index contributed by atoms with van der Waals surface area (Å²) in [6, 6.07) is 18.0. The van der Waals surface area contributed by atoms with Gasteiger partial charge in [-0.3, -0.25) is 4.79 Å². The predicted molar refractivity (Wildman–Crippen MR) is 157 cm³/mol. The summed E-state index contributed by atoms with van der Waals surface area (Å²) < 4.78 is 63.2. The number of ketones is 1. The van der Waals surface area contributed by atoms with Gasteiger partial charge in [0.15, 0.2) is 5.78 Å². The van der Waals surface area contributed by atoms with Crippen molar-refractivity contribution in [2.45, 2.75) is 71.9 Å². The van der Waals surface area contributed by atoms with Crippen LogP contribution in [0.2, 0.25) is 0 Å². The van der Waals surface area contributed by atoms with Gasteiger partial charge in [0.1, 0.15) is 19.5 Å². The van der Waals surface area contributed by atoms with Crippen LogP contribution >= 0.6 is 0 Å². The molecule has 0 heterocycles. The molecule has 0 unspecified atom stereocenters. The molecule has 7 heteroatoms. The Kier molecular flexibility index (Phi) is 13.2. The van der Waals surface area contributed by atoms with Crippen molar-refractivity contribution >= 4 is 13.6 Å². The number of benzene rings is 3. The van der Waals surface area contributed by atoms with Crippen LogP contribution < -0.4 is 0 Å².